The van der Waals surface area contributed by atoms with Crippen molar-refractivity contribution in [1.82, 2.24) is 15.2 Å². The van der Waals surface area contributed by atoms with E-state index in [0.717, 1.165) is 6.54 Å². The number of hydrogen-bond acceptors (Lipinski definition) is 2. The third kappa shape index (κ3) is 4.35. The molecule has 0 aliphatic carbocycles. The molecule has 18 heavy (non-hydrogen) atoms. The van der Waals surface area contributed by atoms with Crippen LogP contribution in [0.15, 0.2) is 12.3 Å². The molecule has 0 unspecified atom stereocenters. The van der Waals surface area contributed by atoms with Crippen LogP contribution < -0.4 is 10.6 Å². The Labute approximate surface area is 114 Å². The van der Waals surface area contributed by atoms with Crippen LogP contribution in [0.1, 0.15) is 44.2 Å². The summed E-state index contributed by atoms with van der Waals surface area (Å²) in [5, 5.41) is 6.72. The molecular formula is C13H22ClN3O. The summed E-state index contributed by atoms with van der Waals surface area (Å²) in [6.45, 7) is 9.56. The molecule has 1 aromatic heterocycles. The summed E-state index contributed by atoms with van der Waals surface area (Å²) in [5.41, 5.74) is 0.611. The Morgan fingerprint density at radius 2 is 2.00 bits per heavy atom. The molecule has 0 aliphatic rings. The van der Waals surface area contributed by atoms with Crippen LogP contribution in [0.25, 0.3) is 0 Å². The first-order valence-corrected chi connectivity index (χ1v) is 6.68. The van der Waals surface area contributed by atoms with E-state index in [1.807, 2.05) is 18.4 Å². The van der Waals surface area contributed by atoms with Crippen molar-refractivity contribution >= 4 is 17.5 Å². The Morgan fingerprint density at radius 3 is 2.56 bits per heavy atom. The van der Waals surface area contributed by atoms with Crippen LogP contribution in [0.5, 0.6) is 0 Å². The maximum absolute atomic E-state index is 12.0. The molecular weight excluding hydrogens is 250 g/mol. The summed E-state index contributed by atoms with van der Waals surface area (Å²) >= 11 is 5.94. The topological polar surface area (TPSA) is 46.1 Å². The molecule has 0 saturated carbocycles. The van der Waals surface area contributed by atoms with Gasteiger partial charge in [-0.25, -0.2) is 0 Å². The van der Waals surface area contributed by atoms with Crippen molar-refractivity contribution < 1.29 is 4.79 Å². The molecule has 4 nitrogen and oxygen atoms in total. The Balaban J connectivity index is 2.56. The molecule has 0 aliphatic heterocycles. The summed E-state index contributed by atoms with van der Waals surface area (Å²) in [5.74, 6) is -0.0823. The summed E-state index contributed by atoms with van der Waals surface area (Å²) in [6, 6.07) is 2.34. The number of nitrogens with zero attached hydrogens (tertiary/aromatic N) is 1. The zero-order chi connectivity index (χ0) is 13.7. The summed E-state index contributed by atoms with van der Waals surface area (Å²) in [7, 11) is 0. The molecule has 5 heteroatoms. The number of aromatic nitrogens is 1. The van der Waals surface area contributed by atoms with Crippen molar-refractivity contribution in [3.63, 3.8) is 0 Å². The molecule has 0 fully saturated rings. The molecule has 0 bridgehead atoms. The van der Waals surface area contributed by atoms with Crippen molar-refractivity contribution in [3.05, 3.63) is 23.0 Å². The molecule has 0 saturated heterocycles. The molecule has 2 N–H and O–H groups in total. The quantitative estimate of drug-likeness (QED) is 0.781. The van der Waals surface area contributed by atoms with Gasteiger partial charge in [0.25, 0.3) is 5.91 Å². The van der Waals surface area contributed by atoms with Crippen molar-refractivity contribution in [1.29, 1.82) is 0 Å². The van der Waals surface area contributed by atoms with E-state index < -0.39 is 0 Å². The summed E-state index contributed by atoms with van der Waals surface area (Å²) in [4.78, 5) is 12.0. The molecule has 1 amide bonds. The first-order valence-electron chi connectivity index (χ1n) is 6.30. The fourth-order valence-electron chi connectivity index (χ4n) is 1.68. The first kappa shape index (κ1) is 15.1. The Bertz CT molecular complexity index is 399. The number of carbonyl (C=O) groups is 1. The third-order valence-corrected chi connectivity index (χ3v) is 2.77. The van der Waals surface area contributed by atoms with Crippen LogP contribution in [0, 0.1) is 0 Å². The Morgan fingerprint density at radius 1 is 1.33 bits per heavy atom. The number of carbonyl (C=O) groups excluding carboxylic acids is 1. The number of halogens is 1. The van der Waals surface area contributed by atoms with Crippen molar-refractivity contribution in [2.45, 2.75) is 39.8 Å². The van der Waals surface area contributed by atoms with Crippen LogP contribution in [-0.4, -0.2) is 29.6 Å². The molecule has 0 spiro atoms. The van der Waals surface area contributed by atoms with E-state index in [1.165, 1.54) is 0 Å². The highest BCUT2D eigenvalue weighted by Gasteiger charge is 2.14. The van der Waals surface area contributed by atoms with Gasteiger partial charge >= 0.3 is 0 Å². The van der Waals surface area contributed by atoms with Gasteiger partial charge in [0.15, 0.2) is 0 Å². The summed E-state index contributed by atoms with van der Waals surface area (Å²) in [6.07, 6.45) is 1.79. The summed E-state index contributed by atoms with van der Waals surface area (Å²) < 4.78 is 1.88. The van der Waals surface area contributed by atoms with Gasteiger partial charge in [-0.05, 0) is 19.9 Å². The first-order chi connectivity index (χ1) is 8.41. The second kappa shape index (κ2) is 6.81. The van der Waals surface area contributed by atoms with E-state index >= 15 is 0 Å². The lowest BCUT2D eigenvalue weighted by Crippen LogP contribution is -2.35. The molecule has 0 aromatic carbocycles. The Kier molecular flexibility index (Phi) is 5.69. The largest absolute Gasteiger partial charge is 0.349 e. The predicted molar refractivity (Wildman–Crippen MR) is 75.3 cm³/mol. The fourth-order valence-corrected chi connectivity index (χ4v) is 1.89. The van der Waals surface area contributed by atoms with Gasteiger partial charge in [0.1, 0.15) is 5.69 Å². The van der Waals surface area contributed by atoms with Gasteiger partial charge < -0.3 is 15.2 Å². The Hall–Kier alpha value is -1.00. The van der Waals surface area contributed by atoms with Crippen LogP contribution in [0.4, 0.5) is 0 Å². The molecule has 0 radical (unpaired) electrons. The second-order valence-electron chi connectivity index (χ2n) is 4.91. The smallest absolute Gasteiger partial charge is 0.268 e. The average Bonchev–Trinajstić information content (AvgIpc) is 2.66. The molecule has 1 rings (SSSR count). The minimum Gasteiger partial charge on any atom is -0.349 e. The SMILES string of the molecule is CC(C)NCCNC(=O)c1cc(Cl)cn1C(C)C. The molecule has 0 atom stereocenters. The van der Waals surface area contributed by atoms with Crippen LogP contribution in [-0.2, 0) is 0 Å². The van der Waals surface area contributed by atoms with E-state index in [1.54, 1.807) is 12.3 Å². The lowest BCUT2D eigenvalue weighted by atomic mass is 10.3. The normalized spacial score (nSPS) is 11.3. The molecule has 1 aromatic rings. The van der Waals surface area contributed by atoms with Gasteiger partial charge in [0, 0.05) is 31.4 Å². The maximum Gasteiger partial charge on any atom is 0.268 e. The second-order valence-corrected chi connectivity index (χ2v) is 5.35. The lowest BCUT2D eigenvalue weighted by Gasteiger charge is -2.13. The van der Waals surface area contributed by atoms with E-state index in [0.29, 0.717) is 23.3 Å². The number of hydrogen-bond donors (Lipinski definition) is 2. The lowest BCUT2D eigenvalue weighted by molar-refractivity contribution is 0.0943. The predicted octanol–water partition coefficient (Wildman–Crippen LogP) is 2.45. The van der Waals surface area contributed by atoms with E-state index in [2.05, 4.69) is 24.5 Å². The van der Waals surface area contributed by atoms with Crippen LogP contribution >= 0.6 is 11.6 Å². The highest BCUT2D eigenvalue weighted by molar-refractivity contribution is 6.31. The maximum atomic E-state index is 12.0. The van der Waals surface area contributed by atoms with Gasteiger partial charge in [-0.1, -0.05) is 25.4 Å². The van der Waals surface area contributed by atoms with Gasteiger partial charge in [-0.2, -0.15) is 0 Å². The minimum atomic E-state index is -0.0823. The monoisotopic (exact) mass is 271 g/mol. The van der Waals surface area contributed by atoms with E-state index in [-0.39, 0.29) is 11.9 Å². The third-order valence-electron chi connectivity index (χ3n) is 2.57. The zero-order valence-corrected chi connectivity index (χ0v) is 12.2. The minimum absolute atomic E-state index is 0.0823. The van der Waals surface area contributed by atoms with Crippen LogP contribution in [0.3, 0.4) is 0 Å². The number of nitrogens with one attached hydrogen (secondary N) is 2. The number of rotatable bonds is 6. The van der Waals surface area contributed by atoms with Crippen LogP contribution in [0.2, 0.25) is 5.02 Å². The number of amides is 1. The van der Waals surface area contributed by atoms with Crippen molar-refractivity contribution in [2.75, 3.05) is 13.1 Å². The van der Waals surface area contributed by atoms with Crippen molar-refractivity contribution in [2.24, 2.45) is 0 Å². The molecule has 102 valence electrons. The van der Waals surface area contributed by atoms with Crippen molar-refractivity contribution in [3.8, 4) is 0 Å². The fraction of sp³-hybridized carbons (Fsp3) is 0.615. The van der Waals surface area contributed by atoms with Gasteiger partial charge in [0.05, 0.1) is 5.02 Å². The zero-order valence-electron chi connectivity index (χ0n) is 11.5. The van der Waals surface area contributed by atoms with Gasteiger partial charge in [0.2, 0.25) is 0 Å². The standard InChI is InChI=1S/C13H22ClN3O/c1-9(2)15-5-6-16-13(18)12-7-11(14)8-17(12)10(3)4/h7-10,15H,5-6H2,1-4H3,(H,16,18). The highest BCUT2D eigenvalue weighted by Crippen LogP contribution is 2.18. The van der Waals surface area contributed by atoms with E-state index in [4.69, 9.17) is 11.6 Å². The van der Waals surface area contributed by atoms with E-state index in [9.17, 15) is 4.79 Å². The highest BCUT2D eigenvalue weighted by atomic mass is 35.5. The van der Waals surface area contributed by atoms with Gasteiger partial charge in [-0.3, -0.25) is 4.79 Å². The molecule has 1 heterocycles. The van der Waals surface area contributed by atoms with Gasteiger partial charge in [-0.15, -0.1) is 0 Å². The average molecular weight is 272 g/mol.